The van der Waals surface area contributed by atoms with E-state index in [1.807, 2.05) is 18.2 Å². The van der Waals surface area contributed by atoms with Crippen LogP contribution in [0.2, 0.25) is 0 Å². The Kier molecular flexibility index (Phi) is 5.70. The molecule has 0 aromatic heterocycles. The summed E-state index contributed by atoms with van der Waals surface area (Å²) in [7, 11) is 3.13. The third kappa shape index (κ3) is 3.53. The molecule has 1 aromatic rings. The van der Waals surface area contributed by atoms with Crippen LogP contribution in [-0.2, 0) is 25.5 Å². The minimum Gasteiger partial charge on any atom is -0.349 e. The highest BCUT2D eigenvalue weighted by molar-refractivity contribution is 5.15. The van der Waals surface area contributed by atoms with Gasteiger partial charge in [0.1, 0.15) is 12.3 Å². The summed E-state index contributed by atoms with van der Waals surface area (Å²) in [5.74, 6) is -2.46. The van der Waals surface area contributed by atoms with Crippen LogP contribution in [0.4, 0.5) is 4.39 Å². The van der Waals surface area contributed by atoms with Gasteiger partial charge in [-0.1, -0.05) is 30.3 Å². The Morgan fingerprint density at radius 3 is 2.31 bits per heavy atom. The van der Waals surface area contributed by atoms with Crippen molar-refractivity contribution in [3.05, 3.63) is 35.9 Å². The quantitative estimate of drug-likeness (QED) is 0.800. The summed E-state index contributed by atoms with van der Waals surface area (Å²) in [5.41, 5.74) is 1.20. The first-order valence-electron chi connectivity index (χ1n) is 9.18. The molecule has 2 aliphatic heterocycles. The number of piperidine rings is 1. The number of methoxy groups -OCH3 is 2. The Bertz CT molecular complexity index is 601. The predicted molar refractivity (Wildman–Crippen MR) is 96.4 cm³/mol. The first-order valence-corrected chi connectivity index (χ1v) is 9.18. The zero-order chi connectivity index (χ0) is 18.9. The normalized spacial score (nSPS) is 39.4. The average molecular weight is 367 g/mol. The van der Waals surface area contributed by atoms with E-state index in [1.54, 1.807) is 35.0 Å². The van der Waals surface area contributed by atoms with E-state index < -0.39 is 17.7 Å². The number of rotatable bonds is 5. The molecule has 0 amide bonds. The number of halogens is 1. The number of likely N-dealkylation sites (tertiary alicyclic amines) is 1. The molecule has 0 aliphatic carbocycles. The molecule has 6 atom stereocenters. The number of benzene rings is 1. The van der Waals surface area contributed by atoms with Crippen molar-refractivity contribution in [3.8, 4) is 0 Å². The van der Waals surface area contributed by atoms with E-state index in [-0.39, 0.29) is 18.1 Å². The molecular formula is C20H30FNO4. The number of hydrogen-bond acceptors (Lipinski definition) is 5. The largest absolute Gasteiger partial charge is 0.349 e. The van der Waals surface area contributed by atoms with E-state index in [0.29, 0.717) is 13.1 Å². The van der Waals surface area contributed by atoms with Crippen LogP contribution in [0.1, 0.15) is 26.3 Å². The minimum absolute atomic E-state index is 0.288. The molecule has 2 saturated heterocycles. The Hall–Kier alpha value is -1.05. The van der Waals surface area contributed by atoms with E-state index in [9.17, 15) is 4.39 Å². The highest BCUT2D eigenvalue weighted by atomic mass is 19.1. The highest BCUT2D eigenvalue weighted by Gasteiger charge is 2.59. The molecular weight excluding hydrogens is 337 g/mol. The number of alkyl halides is 1. The van der Waals surface area contributed by atoms with Gasteiger partial charge in [-0.25, -0.2) is 4.39 Å². The van der Waals surface area contributed by atoms with Crippen LogP contribution in [-0.4, -0.2) is 62.2 Å². The summed E-state index contributed by atoms with van der Waals surface area (Å²) in [6.45, 7) is 7.19. The molecule has 5 nitrogen and oxygen atoms in total. The second kappa shape index (κ2) is 7.52. The molecule has 0 unspecified atom stereocenters. The number of nitrogens with zero attached hydrogens (tertiary/aromatic N) is 1. The van der Waals surface area contributed by atoms with Gasteiger partial charge in [0, 0.05) is 39.8 Å². The van der Waals surface area contributed by atoms with Crippen LogP contribution in [0.15, 0.2) is 30.3 Å². The van der Waals surface area contributed by atoms with Crippen molar-refractivity contribution in [1.29, 1.82) is 0 Å². The van der Waals surface area contributed by atoms with E-state index in [1.165, 1.54) is 5.56 Å². The minimum atomic E-state index is -1.10. The van der Waals surface area contributed by atoms with Crippen molar-refractivity contribution >= 4 is 0 Å². The number of fused-ring (bicyclic) bond motifs is 1. The van der Waals surface area contributed by atoms with Gasteiger partial charge < -0.3 is 18.9 Å². The van der Waals surface area contributed by atoms with Crippen molar-refractivity contribution in [1.82, 2.24) is 4.90 Å². The molecule has 26 heavy (non-hydrogen) atoms. The summed E-state index contributed by atoms with van der Waals surface area (Å²) >= 11 is 0. The molecule has 0 saturated carbocycles. The maximum atomic E-state index is 14.5. The molecule has 2 heterocycles. The second-order valence-electron chi connectivity index (χ2n) is 7.56. The van der Waals surface area contributed by atoms with Gasteiger partial charge in [-0.15, -0.1) is 0 Å². The Morgan fingerprint density at radius 1 is 1.12 bits per heavy atom. The lowest BCUT2D eigenvalue weighted by molar-refractivity contribution is -0.458. The standard InChI is InChI=1S/C20H30FNO4/c1-14(21)16-12-22(11-15-9-7-6-8-10-15)13-17-18(16)26-20(3,24-5)19(2,23-4)25-17/h6-10,14,16-18H,11-13H2,1-5H3/t14-,16-,17-,18-,19+,20+/m1/s1. The average Bonchev–Trinajstić information content (AvgIpc) is 2.63. The van der Waals surface area contributed by atoms with Crippen molar-refractivity contribution in [2.45, 2.75) is 57.3 Å². The van der Waals surface area contributed by atoms with Gasteiger partial charge in [0.05, 0.1) is 6.10 Å². The van der Waals surface area contributed by atoms with Crippen LogP contribution in [0, 0.1) is 5.92 Å². The van der Waals surface area contributed by atoms with Crippen molar-refractivity contribution in [2.75, 3.05) is 27.3 Å². The maximum Gasteiger partial charge on any atom is 0.220 e. The summed E-state index contributed by atoms with van der Waals surface area (Å²) < 4.78 is 38.2. The summed E-state index contributed by atoms with van der Waals surface area (Å²) in [4.78, 5) is 2.23. The van der Waals surface area contributed by atoms with Gasteiger partial charge in [0.15, 0.2) is 0 Å². The molecule has 2 aliphatic rings. The van der Waals surface area contributed by atoms with Gasteiger partial charge in [0.2, 0.25) is 11.6 Å². The molecule has 0 spiro atoms. The molecule has 2 fully saturated rings. The number of hydrogen-bond donors (Lipinski definition) is 0. The summed E-state index contributed by atoms with van der Waals surface area (Å²) in [5, 5.41) is 0. The first-order chi connectivity index (χ1) is 12.3. The fraction of sp³-hybridized carbons (Fsp3) is 0.700. The second-order valence-corrected chi connectivity index (χ2v) is 7.56. The SMILES string of the molecule is CO[C@@]1(C)O[C@@H]2[C@@H]([C@@H](C)F)CN(Cc3ccccc3)C[C@H]2O[C@]1(C)OC. The topological polar surface area (TPSA) is 40.2 Å². The van der Waals surface area contributed by atoms with E-state index in [0.717, 1.165) is 6.54 Å². The fourth-order valence-electron chi connectivity index (χ4n) is 3.99. The lowest BCUT2D eigenvalue weighted by Gasteiger charge is -2.56. The van der Waals surface area contributed by atoms with Crippen molar-refractivity contribution < 1.29 is 23.3 Å². The molecule has 0 radical (unpaired) electrons. The molecule has 3 rings (SSSR count). The lowest BCUT2D eigenvalue weighted by Crippen LogP contribution is -2.70. The smallest absolute Gasteiger partial charge is 0.220 e. The van der Waals surface area contributed by atoms with Crippen molar-refractivity contribution in [3.63, 3.8) is 0 Å². The lowest BCUT2D eigenvalue weighted by atomic mass is 9.86. The van der Waals surface area contributed by atoms with Crippen LogP contribution >= 0.6 is 0 Å². The zero-order valence-electron chi connectivity index (χ0n) is 16.3. The first kappa shape index (κ1) is 19.7. The van der Waals surface area contributed by atoms with Gasteiger partial charge in [0.25, 0.3) is 0 Å². The van der Waals surface area contributed by atoms with Crippen molar-refractivity contribution in [2.24, 2.45) is 5.92 Å². The number of ether oxygens (including phenoxy) is 4. The third-order valence-corrected chi connectivity index (χ3v) is 5.88. The van der Waals surface area contributed by atoms with Crippen LogP contribution < -0.4 is 0 Å². The van der Waals surface area contributed by atoms with Gasteiger partial charge in [-0.3, -0.25) is 4.90 Å². The summed E-state index contributed by atoms with van der Waals surface area (Å²) in [6.07, 6.45) is -1.68. The molecule has 1 aromatic carbocycles. The van der Waals surface area contributed by atoms with Crippen LogP contribution in [0.3, 0.4) is 0 Å². The van der Waals surface area contributed by atoms with E-state index >= 15 is 0 Å². The Labute approximate surface area is 155 Å². The van der Waals surface area contributed by atoms with Gasteiger partial charge in [-0.2, -0.15) is 0 Å². The fourth-order valence-corrected chi connectivity index (χ4v) is 3.99. The highest BCUT2D eigenvalue weighted by Crippen LogP contribution is 2.43. The monoisotopic (exact) mass is 367 g/mol. The predicted octanol–water partition coefficient (Wildman–Crippen LogP) is 2.99. The maximum absolute atomic E-state index is 14.5. The molecule has 146 valence electrons. The third-order valence-electron chi connectivity index (χ3n) is 5.88. The Morgan fingerprint density at radius 2 is 1.73 bits per heavy atom. The Balaban J connectivity index is 1.83. The van der Waals surface area contributed by atoms with Crippen LogP contribution in [0.5, 0.6) is 0 Å². The van der Waals surface area contributed by atoms with E-state index in [4.69, 9.17) is 18.9 Å². The van der Waals surface area contributed by atoms with Crippen LogP contribution in [0.25, 0.3) is 0 Å². The molecule has 0 bridgehead atoms. The van der Waals surface area contributed by atoms with Gasteiger partial charge >= 0.3 is 0 Å². The molecule has 0 N–H and O–H groups in total. The molecule has 6 heteroatoms. The zero-order valence-corrected chi connectivity index (χ0v) is 16.3. The van der Waals surface area contributed by atoms with E-state index in [2.05, 4.69) is 17.0 Å². The van der Waals surface area contributed by atoms with Gasteiger partial charge in [-0.05, 0) is 26.3 Å². The summed E-state index contributed by atoms with van der Waals surface area (Å²) in [6, 6.07) is 10.2.